The van der Waals surface area contributed by atoms with Gasteiger partial charge in [-0.1, -0.05) is 43.0 Å². The fourth-order valence-corrected chi connectivity index (χ4v) is 3.63. The molecule has 2 aromatic carbocycles. The second kappa shape index (κ2) is 10.1. The summed E-state index contributed by atoms with van der Waals surface area (Å²) < 4.78 is 13.0. The van der Waals surface area contributed by atoms with Crippen molar-refractivity contribution in [3.05, 3.63) is 48.5 Å². The van der Waals surface area contributed by atoms with Crippen molar-refractivity contribution in [2.45, 2.75) is 25.0 Å². The second-order valence-electron chi connectivity index (χ2n) is 6.21. The van der Waals surface area contributed by atoms with E-state index in [9.17, 15) is 4.79 Å². The van der Waals surface area contributed by atoms with Crippen molar-refractivity contribution in [2.24, 2.45) is 0 Å². The maximum atomic E-state index is 12.5. The van der Waals surface area contributed by atoms with E-state index in [2.05, 4.69) is 14.9 Å². The van der Waals surface area contributed by atoms with Crippen LogP contribution in [0.15, 0.2) is 53.7 Å². The number of hydrogen-bond donors (Lipinski definition) is 1. The lowest BCUT2D eigenvalue weighted by atomic mass is 10.3. The van der Waals surface area contributed by atoms with Gasteiger partial charge in [0.15, 0.2) is 5.16 Å². The Hall–Kier alpha value is -2.51. The largest absolute Gasteiger partial charge is 0.491 e. The normalized spacial score (nSPS) is 10.9. The molecule has 7 heteroatoms. The van der Waals surface area contributed by atoms with Gasteiger partial charge in [0.25, 0.3) is 0 Å². The van der Waals surface area contributed by atoms with Crippen LogP contribution in [-0.4, -0.2) is 41.5 Å². The number of nitrogens with one attached hydrogen (secondary N) is 1. The predicted octanol–water partition coefficient (Wildman–Crippen LogP) is 4.20. The van der Waals surface area contributed by atoms with Gasteiger partial charge in [-0.15, -0.1) is 0 Å². The predicted molar refractivity (Wildman–Crippen MR) is 113 cm³/mol. The number of hydrogen-bond acceptors (Lipinski definition) is 5. The van der Waals surface area contributed by atoms with Crippen molar-refractivity contribution in [1.82, 2.24) is 9.55 Å². The van der Waals surface area contributed by atoms with Crippen LogP contribution in [0.25, 0.3) is 11.0 Å². The minimum atomic E-state index is -0.0945. The monoisotopic (exact) mass is 399 g/mol. The van der Waals surface area contributed by atoms with Crippen LogP contribution in [0.1, 0.15) is 13.3 Å². The fourth-order valence-electron chi connectivity index (χ4n) is 2.79. The van der Waals surface area contributed by atoms with E-state index in [4.69, 9.17) is 9.47 Å². The first-order valence-electron chi connectivity index (χ1n) is 9.31. The first kappa shape index (κ1) is 20.2. The number of methoxy groups -OCH3 is 1. The Labute approximate surface area is 169 Å². The Balaban J connectivity index is 1.68. The third-order valence-corrected chi connectivity index (χ3v) is 5.07. The number of rotatable bonds is 10. The van der Waals surface area contributed by atoms with Gasteiger partial charge < -0.3 is 19.4 Å². The summed E-state index contributed by atoms with van der Waals surface area (Å²) in [5, 5.41) is 3.75. The summed E-state index contributed by atoms with van der Waals surface area (Å²) in [5.41, 5.74) is 2.65. The maximum Gasteiger partial charge on any atom is 0.234 e. The van der Waals surface area contributed by atoms with Crippen LogP contribution in [-0.2, 0) is 16.1 Å². The highest BCUT2D eigenvalue weighted by atomic mass is 32.2. The molecule has 0 spiro atoms. The van der Waals surface area contributed by atoms with E-state index in [0.29, 0.717) is 31.2 Å². The molecule has 1 aromatic heterocycles. The zero-order chi connectivity index (χ0) is 19.8. The molecular weight excluding hydrogens is 374 g/mol. The van der Waals surface area contributed by atoms with E-state index >= 15 is 0 Å². The lowest BCUT2D eigenvalue weighted by molar-refractivity contribution is -0.113. The van der Waals surface area contributed by atoms with Crippen LogP contribution in [0.4, 0.5) is 5.69 Å². The van der Waals surface area contributed by atoms with Crippen molar-refractivity contribution in [3.8, 4) is 5.75 Å². The number of imidazole rings is 1. The van der Waals surface area contributed by atoms with Crippen LogP contribution in [0.2, 0.25) is 0 Å². The average Bonchev–Trinajstić information content (AvgIpc) is 3.07. The summed E-state index contributed by atoms with van der Waals surface area (Å²) >= 11 is 1.42. The molecule has 0 saturated carbocycles. The fraction of sp³-hybridized carbons (Fsp3) is 0.333. The number of carbonyl (C=O) groups is 1. The molecule has 0 unspecified atom stereocenters. The van der Waals surface area contributed by atoms with Crippen LogP contribution in [0.3, 0.4) is 0 Å². The molecule has 3 rings (SSSR count). The summed E-state index contributed by atoms with van der Waals surface area (Å²) in [4.78, 5) is 17.2. The van der Waals surface area contributed by atoms with Crippen LogP contribution >= 0.6 is 11.8 Å². The van der Waals surface area contributed by atoms with Gasteiger partial charge in [-0.2, -0.15) is 0 Å². The van der Waals surface area contributed by atoms with Crippen molar-refractivity contribution in [1.29, 1.82) is 0 Å². The minimum Gasteiger partial charge on any atom is -0.491 e. The van der Waals surface area contributed by atoms with Gasteiger partial charge in [-0.3, -0.25) is 4.79 Å². The lowest BCUT2D eigenvalue weighted by Crippen LogP contribution is -2.16. The number of anilines is 1. The minimum absolute atomic E-state index is 0.0945. The molecule has 148 valence electrons. The molecule has 0 saturated heterocycles. The van der Waals surface area contributed by atoms with Gasteiger partial charge in [0.05, 0.1) is 35.7 Å². The van der Waals surface area contributed by atoms with E-state index < -0.39 is 0 Å². The van der Waals surface area contributed by atoms with E-state index in [1.165, 1.54) is 11.8 Å². The van der Waals surface area contributed by atoms with Gasteiger partial charge in [0, 0.05) is 13.7 Å². The van der Waals surface area contributed by atoms with Gasteiger partial charge in [0.2, 0.25) is 5.91 Å². The highest BCUT2D eigenvalue weighted by Crippen LogP contribution is 2.26. The summed E-state index contributed by atoms with van der Waals surface area (Å²) in [5.74, 6) is 0.858. The van der Waals surface area contributed by atoms with Crippen LogP contribution < -0.4 is 10.1 Å². The van der Waals surface area contributed by atoms with E-state index in [1.54, 1.807) is 7.11 Å². The van der Waals surface area contributed by atoms with E-state index in [0.717, 1.165) is 22.6 Å². The SMILES string of the molecule is CCCOc1ccccc1NC(=O)CSc1nc2ccccc2n1CCOC. The smallest absolute Gasteiger partial charge is 0.234 e. The lowest BCUT2D eigenvalue weighted by Gasteiger charge is -2.12. The molecule has 28 heavy (non-hydrogen) atoms. The maximum absolute atomic E-state index is 12.5. The molecule has 0 fully saturated rings. The molecule has 0 aliphatic rings. The number of carbonyl (C=O) groups excluding carboxylic acids is 1. The molecular formula is C21H25N3O3S. The second-order valence-corrected chi connectivity index (χ2v) is 7.15. The summed E-state index contributed by atoms with van der Waals surface area (Å²) in [7, 11) is 1.68. The molecule has 3 aromatic rings. The Kier molecular flexibility index (Phi) is 7.33. The van der Waals surface area contributed by atoms with Gasteiger partial charge in [-0.05, 0) is 30.7 Å². The van der Waals surface area contributed by atoms with E-state index in [1.807, 2.05) is 55.5 Å². The highest BCUT2D eigenvalue weighted by molar-refractivity contribution is 7.99. The van der Waals surface area contributed by atoms with Crippen molar-refractivity contribution >= 4 is 34.4 Å². The van der Waals surface area contributed by atoms with Gasteiger partial charge in [-0.25, -0.2) is 4.98 Å². The molecule has 0 aliphatic carbocycles. The number of para-hydroxylation sites is 4. The summed E-state index contributed by atoms with van der Waals surface area (Å²) in [6, 6.07) is 15.4. The molecule has 0 bridgehead atoms. The van der Waals surface area contributed by atoms with Crippen molar-refractivity contribution < 1.29 is 14.3 Å². The van der Waals surface area contributed by atoms with Gasteiger partial charge >= 0.3 is 0 Å². The Bertz CT molecular complexity index is 926. The number of thioether (sulfide) groups is 1. The topological polar surface area (TPSA) is 65.4 Å². The zero-order valence-electron chi connectivity index (χ0n) is 16.2. The standard InChI is InChI=1S/C21H25N3O3S/c1-3-13-27-19-11-7-5-9-17(19)22-20(25)15-28-21-23-16-8-4-6-10-18(16)24(21)12-14-26-2/h4-11H,3,12-15H2,1-2H3,(H,22,25). The first-order chi connectivity index (χ1) is 13.7. The number of fused-ring (bicyclic) bond motifs is 1. The number of aromatic nitrogens is 2. The van der Waals surface area contributed by atoms with E-state index in [-0.39, 0.29) is 11.7 Å². The first-order valence-corrected chi connectivity index (χ1v) is 10.3. The third-order valence-electron chi connectivity index (χ3n) is 4.09. The number of benzene rings is 2. The van der Waals surface area contributed by atoms with Crippen molar-refractivity contribution in [3.63, 3.8) is 0 Å². The average molecular weight is 400 g/mol. The quantitative estimate of drug-likeness (QED) is 0.518. The Morgan fingerprint density at radius 3 is 2.75 bits per heavy atom. The zero-order valence-corrected chi connectivity index (χ0v) is 17.0. The Morgan fingerprint density at radius 2 is 1.93 bits per heavy atom. The Morgan fingerprint density at radius 1 is 1.14 bits per heavy atom. The number of ether oxygens (including phenoxy) is 2. The van der Waals surface area contributed by atoms with Crippen molar-refractivity contribution in [2.75, 3.05) is 31.4 Å². The molecule has 1 N–H and O–H groups in total. The molecule has 0 atom stereocenters. The van der Waals surface area contributed by atoms with Crippen LogP contribution in [0.5, 0.6) is 5.75 Å². The number of nitrogens with zero attached hydrogens (tertiary/aromatic N) is 2. The molecule has 0 radical (unpaired) electrons. The molecule has 1 amide bonds. The summed E-state index contributed by atoms with van der Waals surface area (Å²) in [6.45, 7) is 3.94. The number of amides is 1. The highest BCUT2D eigenvalue weighted by Gasteiger charge is 2.14. The molecule has 6 nitrogen and oxygen atoms in total. The molecule has 0 aliphatic heterocycles. The third kappa shape index (κ3) is 5.05. The molecule has 1 heterocycles. The summed E-state index contributed by atoms with van der Waals surface area (Å²) in [6.07, 6.45) is 0.913. The van der Waals surface area contributed by atoms with Gasteiger partial charge in [0.1, 0.15) is 5.75 Å². The van der Waals surface area contributed by atoms with Crippen LogP contribution in [0, 0.1) is 0 Å².